The Morgan fingerprint density at radius 2 is 1.84 bits per heavy atom. The number of fused-ring (bicyclic) bond motifs is 3. The molecule has 0 saturated carbocycles. The number of phenols is 1. The van der Waals surface area contributed by atoms with Crippen LogP contribution in [0.3, 0.4) is 0 Å². The second kappa shape index (κ2) is 7.28. The molecule has 0 bridgehead atoms. The van der Waals surface area contributed by atoms with Crippen molar-refractivity contribution in [3.8, 4) is 5.75 Å². The van der Waals surface area contributed by atoms with Crippen molar-refractivity contribution < 1.29 is 9.90 Å². The number of benzene rings is 3. The summed E-state index contributed by atoms with van der Waals surface area (Å²) < 4.78 is 0. The molecule has 0 aliphatic carbocycles. The van der Waals surface area contributed by atoms with Crippen LogP contribution in [0.5, 0.6) is 5.75 Å². The van der Waals surface area contributed by atoms with E-state index in [9.17, 15) is 9.90 Å². The molecule has 1 atom stereocenters. The Hall–Kier alpha value is -4.03. The third-order valence-electron chi connectivity index (χ3n) is 6.23. The second-order valence-electron chi connectivity index (χ2n) is 8.24. The van der Waals surface area contributed by atoms with E-state index in [1.165, 1.54) is 10.9 Å². The molecule has 6 nitrogen and oxygen atoms in total. The standard InChI is InChI=1S/C26H22N4O2/c31-17-7-8-18-20(12-17)25(30-26(18)32)24-19-3-1-2-4-21(19)29-23(24)14-27-13-15-5-6-16-9-10-28-22(16)11-15/h1-12,25,27-29,31H,13-14H2,(H,30,32)/t25-/m1/s1. The van der Waals surface area contributed by atoms with Gasteiger partial charge in [0.05, 0.1) is 6.04 Å². The summed E-state index contributed by atoms with van der Waals surface area (Å²) in [6.45, 7) is 1.34. The van der Waals surface area contributed by atoms with E-state index in [1.807, 2.05) is 24.4 Å². The molecule has 1 amide bonds. The van der Waals surface area contributed by atoms with E-state index in [0.29, 0.717) is 12.1 Å². The molecule has 0 unspecified atom stereocenters. The Kier molecular flexibility index (Phi) is 4.26. The summed E-state index contributed by atoms with van der Waals surface area (Å²) >= 11 is 0. The number of amides is 1. The Bertz CT molecular complexity index is 1480. The van der Waals surface area contributed by atoms with Crippen molar-refractivity contribution in [1.29, 1.82) is 0 Å². The summed E-state index contributed by atoms with van der Waals surface area (Å²) in [6, 6.07) is 21.2. The molecular weight excluding hydrogens is 400 g/mol. The Labute approximate surface area is 184 Å². The molecular formula is C26H22N4O2. The number of carbonyl (C=O) groups is 1. The first kappa shape index (κ1) is 18.7. The van der Waals surface area contributed by atoms with Gasteiger partial charge >= 0.3 is 0 Å². The van der Waals surface area contributed by atoms with E-state index in [4.69, 9.17) is 0 Å². The van der Waals surface area contributed by atoms with Crippen LogP contribution in [-0.4, -0.2) is 21.0 Å². The molecule has 32 heavy (non-hydrogen) atoms. The fourth-order valence-corrected chi connectivity index (χ4v) is 4.74. The van der Waals surface area contributed by atoms with Gasteiger partial charge in [-0.3, -0.25) is 4.79 Å². The molecule has 5 aromatic rings. The molecule has 5 N–H and O–H groups in total. The smallest absolute Gasteiger partial charge is 0.252 e. The first-order valence-electron chi connectivity index (χ1n) is 10.7. The third-order valence-corrected chi connectivity index (χ3v) is 6.23. The highest BCUT2D eigenvalue weighted by atomic mass is 16.3. The number of aromatic nitrogens is 2. The molecule has 0 saturated heterocycles. The largest absolute Gasteiger partial charge is 0.508 e. The minimum Gasteiger partial charge on any atom is -0.508 e. The zero-order valence-corrected chi connectivity index (χ0v) is 17.3. The molecule has 3 aromatic carbocycles. The third kappa shape index (κ3) is 3.04. The number of aromatic amines is 2. The average molecular weight is 422 g/mol. The van der Waals surface area contributed by atoms with E-state index in [2.05, 4.69) is 50.9 Å². The first-order valence-corrected chi connectivity index (χ1v) is 10.7. The van der Waals surface area contributed by atoms with Gasteiger partial charge in [-0.15, -0.1) is 0 Å². The van der Waals surface area contributed by atoms with Gasteiger partial charge in [0.25, 0.3) is 5.91 Å². The lowest BCUT2D eigenvalue weighted by Gasteiger charge is -2.15. The summed E-state index contributed by atoms with van der Waals surface area (Å²) in [5, 5.41) is 19.0. The van der Waals surface area contributed by atoms with Gasteiger partial charge in [0.1, 0.15) is 5.75 Å². The number of rotatable bonds is 5. The van der Waals surface area contributed by atoms with Crippen molar-refractivity contribution in [2.45, 2.75) is 19.1 Å². The predicted molar refractivity (Wildman–Crippen MR) is 125 cm³/mol. The van der Waals surface area contributed by atoms with Gasteiger partial charge in [0.15, 0.2) is 0 Å². The fraction of sp³-hybridized carbons (Fsp3) is 0.115. The summed E-state index contributed by atoms with van der Waals surface area (Å²) in [5.41, 5.74) is 6.81. The van der Waals surface area contributed by atoms with Crippen molar-refractivity contribution in [1.82, 2.24) is 20.6 Å². The number of hydrogen-bond acceptors (Lipinski definition) is 3. The zero-order chi connectivity index (χ0) is 21.7. The highest BCUT2D eigenvalue weighted by Gasteiger charge is 2.33. The normalized spacial score (nSPS) is 15.4. The minimum atomic E-state index is -0.312. The van der Waals surface area contributed by atoms with Crippen molar-refractivity contribution >= 4 is 27.7 Å². The Morgan fingerprint density at radius 3 is 2.78 bits per heavy atom. The summed E-state index contributed by atoms with van der Waals surface area (Å²) in [4.78, 5) is 19.4. The van der Waals surface area contributed by atoms with Gasteiger partial charge in [-0.1, -0.05) is 30.3 Å². The molecule has 1 aliphatic rings. The summed E-state index contributed by atoms with van der Waals surface area (Å²) in [5.74, 6) is 0.0397. The average Bonchev–Trinajstić information content (AvgIpc) is 3.48. The van der Waals surface area contributed by atoms with E-state index in [0.717, 1.165) is 39.8 Å². The maximum atomic E-state index is 12.6. The molecule has 158 valence electrons. The lowest BCUT2D eigenvalue weighted by atomic mass is 9.95. The predicted octanol–water partition coefficient (Wildman–Crippen LogP) is 4.48. The maximum absolute atomic E-state index is 12.6. The van der Waals surface area contributed by atoms with E-state index in [-0.39, 0.29) is 17.7 Å². The van der Waals surface area contributed by atoms with Crippen LogP contribution in [0, 0.1) is 0 Å². The van der Waals surface area contributed by atoms with Crippen LogP contribution >= 0.6 is 0 Å². The molecule has 6 heteroatoms. The van der Waals surface area contributed by atoms with Crippen molar-refractivity contribution in [2.24, 2.45) is 0 Å². The quantitative estimate of drug-likeness (QED) is 0.289. The van der Waals surface area contributed by atoms with Crippen molar-refractivity contribution in [3.63, 3.8) is 0 Å². The SMILES string of the molecule is O=C1N[C@@H](c2c(CNCc3ccc4cc[nH]c4c3)[nH]c3ccccc23)c2cc(O)ccc21. The van der Waals surface area contributed by atoms with Gasteiger partial charge in [0, 0.05) is 52.5 Å². The fourth-order valence-electron chi connectivity index (χ4n) is 4.74. The first-order chi connectivity index (χ1) is 15.7. The van der Waals surface area contributed by atoms with Crippen LogP contribution in [0.15, 0.2) is 72.9 Å². The van der Waals surface area contributed by atoms with Crippen LogP contribution in [0.25, 0.3) is 21.8 Å². The number of para-hydroxylation sites is 1. The Morgan fingerprint density at radius 1 is 0.938 bits per heavy atom. The van der Waals surface area contributed by atoms with Crippen LogP contribution < -0.4 is 10.6 Å². The van der Waals surface area contributed by atoms with Gasteiger partial charge < -0.3 is 25.7 Å². The molecule has 6 rings (SSSR count). The topological polar surface area (TPSA) is 92.9 Å². The lowest BCUT2D eigenvalue weighted by molar-refractivity contribution is 0.0960. The van der Waals surface area contributed by atoms with Crippen LogP contribution in [0.4, 0.5) is 0 Å². The number of H-pyrrole nitrogens is 2. The molecule has 2 aromatic heterocycles. The number of phenolic OH excluding ortho intramolecular Hbond substituents is 1. The van der Waals surface area contributed by atoms with Gasteiger partial charge in [-0.2, -0.15) is 0 Å². The molecule has 3 heterocycles. The van der Waals surface area contributed by atoms with Crippen LogP contribution in [-0.2, 0) is 13.1 Å². The molecule has 1 aliphatic heterocycles. The monoisotopic (exact) mass is 422 g/mol. The molecule has 0 radical (unpaired) electrons. The summed E-state index contributed by atoms with van der Waals surface area (Å²) in [6.07, 6.45) is 1.95. The number of carbonyl (C=O) groups excluding carboxylic acids is 1. The van der Waals surface area contributed by atoms with E-state index >= 15 is 0 Å². The van der Waals surface area contributed by atoms with E-state index in [1.54, 1.807) is 18.2 Å². The number of nitrogens with one attached hydrogen (secondary N) is 4. The minimum absolute atomic E-state index is 0.117. The van der Waals surface area contributed by atoms with Crippen molar-refractivity contribution in [2.75, 3.05) is 0 Å². The lowest BCUT2D eigenvalue weighted by Crippen LogP contribution is -2.22. The highest BCUT2D eigenvalue weighted by molar-refractivity contribution is 6.01. The van der Waals surface area contributed by atoms with Gasteiger partial charge in [0.2, 0.25) is 0 Å². The maximum Gasteiger partial charge on any atom is 0.252 e. The summed E-state index contributed by atoms with van der Waals surface area (Å²) in [7, 11) is 0. The number of hydrogen-bond donors (Lipinski definition) is 5. The van der Waals surface area contributed by atoms with Crippen molar-refractivity contribution in [3.05, 3.63) is 101 Å². The molecule has 0 spiro atoms. The Balaban J connectivity index is 1.34. The number of aromatic hydroxyl groups is 1. The van der Waals surface area contributed by atoms with Crippen LogP contribution in [0.1, 0.15) is 38.8 Å². The zero-order valence-electron chi connectivity index (χ0n) is 17.3. The van der Waals surface area contributed by atoms with Crippen LogP contribution in [0.2, 0.25) is 0 Å². The highest BCUT2D eigenvalue weighted by Crippen LogP contribution is 2.38. The van der Waals surface area contributed by atoms with E-state index < -0.39 is 0 Å². The second-order valence-corrected chi connectivity index (χ2v) is 8.24. The van der Waals surface area contributed by atoms with Gasteiger partial charge in [-0.05, 0) is 52.9 Å². The molecule has 0 fully saturated rings. The van der Waals surface area contributed by atoms with Gasteiger partial charge in [-0.25, -0.2) is 0 Å².